The van der Waals surface area contributed by atoms with Gasteiger partial charge in [0.05, 0.1) is 6.54 Å². The molecule has 27 heavy (non-hydrogen) atoms. The van der Waals surface area contributed by atoms with E-state index in [1.165, 1.54) is 31.0 Å². The average Bonchev–Trinajstić information content (AvgIpc) is 3.05. The van der Waals surface area contributed by atoms with Crippen LogP contribution in [0.4, 0.5) is 4.79 Å². The largest absolute Gasteiger partial charge is 0.351 e. The number of para-hydroxylation sites is 1. The molecule has 144 valence electrons. The Morgan fingerprint density at radius 3 is 2.56 bits per heavy atom. The first kappa shape index (κ1) is 19.4. The van der Waals surface area contributed by atoms with Crippen molar-refractivity contribution in [3.8, 4) is 5.69 Å². The van der Waals surface area contributed by atoms with E-state index in [0.717, 1.165) is 36.3 Å². The van der Waals surface area contributed by atoms with E-state index in [9.17, 15) is 9.59 Å². The van der Waals surface area contributed by atoms with E-state index in [1.807, 2.05) is 34.9 Å². The molecule has 2 heterocycles. The van der Waals surface area contributed by atoms with Crippen molar-refractivity contribution in [1.29, 1.82) is 0 Å². The van der Waals surface area contributed by atoms with E-state index < -0.39 is 11.9 Å². The summed E-state index contributed by atoms with van der Waals surface area (Å²) in [5, 5.41) is 11.6. The molecule has 0 aliphatic carbocycles. The number of rotatable bonds is 7. The molecule has 0 bridgehead atoms. The summed E-state index contributed by atoms with van der Waals surface area (Å²) in [5.74, 6) is 0.981. The third-order valence-electron chi connectivity index (χ3n) is 4.35. The number of hydrogen-bond acceptors (Lipinski definition) is 6. The Hall–Kier alpha value is -2.39. The summed E-state index contributed by atoms with van der Waals surface area (Å²) < 4.78 is 2.05. The van der Waals surface area contributed by atoms with Gasteiger partial charge in [-0.3, -0.25) is 19.6 Å². The highest BCUT2D eigenvalue weighted by Gasteiger charge is 2.19. The first-order valence-electron chi connectivity index (χ1n) is 9.07. The lowest BCUT2D eigenvalue weighted by molar-refractivity contribution is -0.119. The van der Waals surface area contributed by atoms with Gasteiger partial charge in [-0.1, -0.05) is 36.4 Å². The molecule has 0 unspecified atom stereocenters. The number of hydrogen-bond donors (Lipinski definition) is 2. The van der Waals surface area contributed by atoms with Gasteiger partial charge in [-0.2, -0.15) is 0 Å². The van der Waals surface area contributed by atoms with Crippen molar-refractivity contribution >= 4 is 23.7 Å². The summed E-state index contributed by atoms with van der Waals surface area (Å²) >= 11 is 1.44. The normalized spacial score (nSPS) is 14.8. The minimum atomic E-state index is -0.832. The molecule has 1 fully saturated rings. The standard InChI is InChI=1S/C18H24N6O2S/c19-17(26)20-16(25)9-12-27-18-22-21-15(13-23-10-5-2-6-11-23)24(18)14-7-3-1-4-8-14/h1,3-4,7-8H,2,5-6,9-13H2,(H3,19,20,25,26). The van der Waals surface area contributed by atoms with Gasteiger partial charge in [0.2, 0.25) is 5.91 Å². The highest BCUT2D eigenvalue weighted by atomic mass is 32.2. The lowest BCUT2D eigenvalue weighted by Crippen LogP contribution is -2.35. The molecule has 0 radical (unpaired) electrons. The molecule has 1 aromatic heterocycles. The van der Waals surface area contributed by atoms with E-state index in [-0.39, 0.29) is 6.42 Å². The number of nitrogens with zero attached hydrogens (tertiary/aromatic N) is 4. The maximum Gasteiger partial charge on any atom is 0.318 e. The first-order chi connectivity index (χ1) is 13.1. The Labute approximate surface area is 162 Å². The van der Waals surface area contributed by atoms with Crippen molar-refractivity contribution in [3.63, 3.8) is 0 Å². The predicted molar refractivity (Wildman–Crippen MR) is 104 cm³/mol. The maximum absolute atomic E-state index is 11.6. The van der Waals surface area contributed by atoms with Crippen LogP contribution < -0.4 is 11.1 Å². The molecular formula is C18H24N6O2S. The number of nitrogens with two attached hydrogens (primary N) is 1. The molecule has 1 aromatic carbocycles. The van der Waals surface area contributed by atoms with Crippen molar-refractivity contribution in [1.82, 2.24) is 25.0 Å². The van der Waals surface area contributed by atoms with Crippen molar-refractivity contribution in [2.24, 2.45) is 5.73 Å². The molecule has 3 amide bonds. The van der Waals surface area contributed by atoms with Crippen LogP contribution in [0.25, 0.3) is 5.69 Å². The van der Waals surface area contributed by atoms with Gasteiger partial charge >= 0.3 is 6.03 Å². The van der Waals surface area contributed by atoms with Gasteiger partial charge < -0.3 is 5.73 Å². The van der Waals surface area contributed by atoms with E-state index in [0.29, 0.717) is 5.75 Å². The molecular weight excluding hydrogens is 364 g/mol. The summed E-state index contributed by atoms with van der Waals surface area (Å²) in [5.41, 5.74) is 5.96. The van der Waals surface area contributed by atoms with Gasteiger partial charge in [0.15, 0.2) is 11.0 Å². The van der Waals surface area contributed by atoms with Crippen LogP contribution in [0.15, 0.2) is 35.5 Å². The van der Waals surface area contributed by atoms with E-state index in [4.69, 9.17) is 5.73 Å². The zero-order valence-electron chi connectivity index (χ0n) is 15.1. The summed E-state index contributed by atoms with van der Waals surface area (Å²) in [6.45, 7) is 2.92. The molecule has 1 saturated heterocycles. The smallest absolute Gasteiger partial charge is 0.318 e. The Kier molecular flexibility index (Phi) is 6.83. The van der Waals surface area contributed by atoms with Crippen molar-refractivity contribution in [3.05, 3.63) is 36.2 Å². The van der Waals surface area contributed by atoms with Crippen LogP contribution in [0.5, 0.6) is 0 Å². The van der Waals surface area contributed by atoms with Crippen LogP contribution in [-0.2, 0) is 11.3 Å². The summed E-state index contributed by atoms with van der Waals surface area (Å²) in [7, 11) is 0. The Morgan fingerprint density at radius 1 is 1.11 bits per heavy atom. The Bertz CT molecular complexity index is 773. The fourth-order valence-corrected chi connectivity index (χ4v) is 3.99. The van der Waals surface area contributed by atoms with Crippen LogP contribution in [0, 0.1) is 0 Å². The summed E-state index contributed by atoms with van der Waals surface area (Å²) in [6, 6.07) is 9.14. The highest BCUT2D eigenvalue weighted by Crippen LogP contribution is 2.24. The Morgan fingerprint density at radius 2 is 1.85 bits per heavy atom. The zero-order valence-corrected chi connectivity index (χ0v) is 16.0. The minimum Gasteiger partial charge on any atom is -0.351 e. The number of carbonyl (C=O) groups excluding carboxylic acids is 2. The number of imide groups is 1. The molecule has 1 aliphatic rings. The molecule has 0 spiro atoms. The number of piperidine rings is 1. The number of likely N-dealkylation sites (tertiary alicyclic amines) is 1. The molecule has 3 N–H and O–H groups in total. The lowest BCUT2D eigenvalue weighted by Gasteiger charge is -2.26. The quantitative estimate of drug-likeness (QED) is 0.702. The number of carbonyl (C=O) groups is 2. The third-order valence-corrected chi connectivity index (χ3v) is 5.28. The monoisotopic (exact) mass is 388 g/mol. The molecule has 1 aliphatic heterocycles. The highest BCUT2D eigenvalue weighted by molar-refractivity contribution is 7.99. The second kappa shape index (κ2) is 9.52. The number of aromatic nitrogens is 3. The van der Waals surface area contributed by atoms with Gasteiger partial charge in [-0.25, -0.2) is 4.79 Å². The van der Waals surface area contributed by atoms with Gasteiger partial charge in [0, 0.05) is 17.9 Å². The van der Waals surface area contributed by atoms with Gasteiger partial charge in [0.1, 0.15) is 0 Å². The van der Waals surface area contributed by atoms with E-state index >= 15 is 0 Å². The molecule has 8 nitrogen and oxygen atoms in total. The number of primary amides is 1. The van der Waals surface area contributed by atoms with Gasteiger partial charge in [-0.15, -0.1) is 10.2 Å². The number of thioether (sulfide) groups is 1. The van der Waals surface area contributed by atoms with E-state index in [2.05, 4.69) is 20.4 Å². The zero-order chi connectivity index (χ0) is 19.1. The van der Waals surface area contributed by atoms with Gasteiger partial charge in [0.25, 0.3) is 0 Å². The van der Waals surface area contributed by atoms with Gasteiger partial charge in [-0.05, 0) is 38.1 Å². The van der Waals surface area contributed by atoms with Crippen LogP contribution in [0.3, 0.4) is 0 Å². The molecule has 0 atom stereocenters. The fraction of sp³-hybridized carbons (Fsp3) is 0.444. The average molecular weight is 388 g/mol. The molecule has 9 heteroatoms. The summed E-state index contributed by atoms with van der Waals surface area (Å²) in [6.07, 6.45) is 3.90. The van der Waals surface area contributed by atoms with Crippen molar-refractivity contribution in [2.45, 2.75) is 37.4 Å². The number of urea groups is 1. The van der Waals surface area contributed by atoms with Crippen molar-refractivity contribution < 1.29 is 9.59 Å². The van der Waals surface area contributed by atoms with Crippen LogP contribution in [0.1, 0.15) is 31.5 Å². The fourth-order valence-electron chi connectivity index (χ4n) is 3.09. The molecule has 2 aromatic rings. The molecule has 0 saturated carbocycles. The second-order valence-electron chi connectivity index (χ2n) is 6.42. The van der Waals surface area contributed by atoms with Crippen LogP contribution >= 0.6 is 11.8 Å². The van der Waals surface area contributed by atoms with E-state index in [1.54, 1.807) is 0 Å². The first-order valence-corrected chi connectivity index (χ1v) is 10.1. The lowest BCUT2D eigenvalue weighted by atomic mass is 10.1. The minimum absolute atomic E-state index is 0.177. The predicted octanol–water partition coefficient (Wildman–Crippen LogP) is 1.93. The number of benzene rings is 1. The van der Waals surface area contributed by atoms with Crippen molar-refractivity contribution in [2.75, 3.05) is 18.8 Å². The van der Waals surface area contributed by atoms with Crippen LogP contribution in [0.2, 0.25) is 0 Å². The SMILES string of the molecule is NC(=O)NC(=O)CCSc1nnc(CN2CCCCC2)n1-c1ccccc1. The summed E-state index contributed by atoms with van der Waals surface area (Å²) in [4.78, 5) is 24.7. The topological polar surface area (TPSA) is 106 Å². The Balaban J connectivity index is 1.73. The second-order valence-corrected chi connectivity index (χ2v) is 7.48. The maximum atomic E-state index is 11.6. The number of amides is 3. The molecule has 3 rings (SSSR count). The number of nitrogens with one attached hydrogen (secondary N) is 1. The third kappa shape index (κ3) is 5.54. The van der Waals surface area contributed by atoms with Crippen LogP contribution in [-0.4, -0.2) is 50.4 Å².